The molecule has 0 spiro atoms. The molecule has 14 heavy (non-hydrogen) atoms. The summed E-state index contributed by atoms with van der Waals surface area (Å²) in [6, 6.07) is 0.426. The molecular formula is C9H13N3OS. The van der Waals surface area contributed by atoms with Crippen molar-refractivity contribution in [2.75, 3.05) is 0 Å². The molecule has 3 N–H and O–H groups in total. The Bertz CT molecular complexity index is 333. The van der Waals surface area contributed by atoms with Crippen LogP contribution in [-0.4, -0.2) is 16.9 Å². The summed E-state index contributed by atoms with van der Waals surface area (Å²) >= 11 is 1.51. The molecule has 4 nitrogen and oxygen atoms in total. The van der Waals surface area contributed by atoms with Gasteiger partial charge in [-0.25, -0.2) is 4.98 Å². The van der Waals surface area contributed by atoms with Crippen molar-refractivity contribution in [1.29, 1.82) is 0 Å². The minimum Gasteiger partial charge on any atom is -0.353 e. The summed E-state index contributed by atoms with van der Waals surface area (Å²) in [5.74, 6) is 0.0707. The zero-order valence-corrected chi connectivity index (χ0v) is 8.64. The first-order valence-corrected chi connectivity index (χ1v) is 5.58. The minimum absolute atomic E-state index is 0.0707. The number of rotatable bonds is 4. The van der Waals surface area contributed by atoms with Crippen LogP contribution in [0.4, 0.5) is 0 Å². The first-order chi connectivity index (χ1) is 6.78. The summed E-state index contributed by atoms with van der Waals surface area (Å²) < 4.78 is 0. The van der Waals surface area contributed by atoms with Crippen molar-refractivity contribution in [2.24, 2.45) is 5.73 Å². The molecule has 1 saturated carbocycles. The summed E-state index contributed by atoms with van der Waals surface area (Å²) in [4.78, 5) is 15.6. The van der Waals surface area contributed by atoms with Gasteiger partial charge in [-0.3, -0.25) is 4.79 Å². The number of nitrogens with two attached hydrogens (primary N) is 1. The molecule has 1 heterocycles. The molecule has 1 fully saturated rings. The van der Waals surface area contributed by atoms with Gasteiger partial charge in [0.2, 0.25) is 5.91 Å². The van der Waals surface area contributed by atoms with Crippen molar-refractivity contribution < 1.29 is 4.79 Å². The fourth-order valence-corrected chi connectivity index (χ4v) is 1.87. The smallest absolute Gasteiger partial charge is 0.226 e. The maximum absolute atomic E-state index is 11.4. The van der Waals surface area contributed by atoms with Crippen molar-refractivity contribution in [1.82, 2.24) is 10.3 Å². The molecule has 2 rings (SSSR count). The fraction of sp³-hybridized carbons (Fsp3) is 0.556. The van der Waals surface area contributed by atoms with Crippen LogP contribution in [0.5, 0.6) is 0 Å². The van der Waals surface area contributed by atoms with E-state index in [1.807, 2.05) is 5.38 Å². The highest BCUT2D eigenvalue weighted by Gasteiger charge is 2.23. The van der Waals surface area contributed by atoms with Gasteiger partial charge in [-0.05, 0) is 12.8 Å². The van der Waals surface area contributed by atoms with E-state index in [0.717, 1.165) is 23.5 Å². The number of nitrogens with one attached hydrogen (secondary N) is 1. The van der Waals surface area contributed by atoms with E-state index in [1.54, 1.807) is 0 Å². The van der Waals surface area contributed by atoms with Gasteiger partial charge in [-0.15, -0.1) is 11.3 Å². The van der Waals surface area contributed by atoms with Crippen molar-refractivity contribution in [3.63, 3.8) is 0 Å². The molecule has 0 radical (unpaired) electrons. The van der Waals surface area contributed by atoms with E-state index < -0.39 is 0 Å². The number of amides is 1. The lowest BCUT2D eigenvalue weighted by atomic mass is 10.3. The van der Waals surface area contributed by atoms with Crippen LogP contribution in [-0.2, 0) is 17.8 Å². The number of carbonyl (C=O) groups excluding carboxylic acids is 1. The van der Waals surface area contributed by atoms with Crippen molar-refractivity contribution >= 4 is 17.2 Å². The van der Waals surface area contributed by atoms with Crippen LogP contribution >= 0.6 is 11.3 Å². The van der Waals surface area contributed by atoms with Crippen molar-refractivity contribution in [3.8, 4) is 0 Å². The van der Waals surface area contributed by atoms with E-state index in [-0.39, 0.29) is 5.91 Å². The number of aromatic nitrogens is 1. The molecule has 1 aliphatic carbocycles. The third-order valence-corrected chi connectivity index (χ3v) is 2.98. The van der Waals surface area contributed by atoms with Gasteiger partial charge in [0.15, 0.2) is 0 Å². The molecular weight excluding hydrogens is 198 g/mol. The summed E-state index contributed by atoms with van der Waals surface area (Å²) in [5.41, 5.74) is 6.26. The highest BCUT2D eigenvalue weighted by molar-refractivity contribution is 7.09. The Balaban J connectivity index is 1.85. The molecule has 1 amide bonds. The van der Waals surface area contributed by atoms with Gasteiger partial charge in [0.25, 0.3) is 0 Å². The van der Waals surface area contributed by atoms with Crippen molar-refractivity contribution in [2.45, 2.75) is 31.8 Å². The Hall–Kier alpha value is -0.940. The molecule has 0 aromatic carbocycles. The molecule has 0 aliphatic heterocycles. The van der Waals surface area contributed by atoms with Gasteiger partial charge in [0.05, 0.1) is 12.1 Å². The van der Waals surface area contributed by atoms with Crippen LogP contribution in [0.15, 0.2) is 5.38 Å². The summed E-state index contributed by atoms with van der Waals surface area (Å²) in [6.07, 6.45) is 2.63. The van der Waals surface area contributed by atoms with Crippen LogP contribution in [0.25, 0.3) is 0 Å². The molecule has 1 aromatic rings. The zero-order chi connectivity index (χ0) is 9.97. The van der Waals surface area contributed by atoms with E-state index >= 15 is 0 Å². The topological polar surface area (TPSA) is 68.0 Å². The monoisotopic (exact) mass is 211 g/mol. The molecule has 76 valence electrons. The van der Waals surface area contributed by atoms with Gasteiger partial charge < -0.3 is 11.1 Å². The lowest BCUT2D eigenvalue weighted by Gasteiger charge is -1.99. The highest BCUT2D eigenvalue weighted by Crippen LogP contribution is 2.18. The Kier molecular flexibility index (Phi) is 2.79. The van der Waals surface area contributed by atoms with Gasteiger partial charge in [-0.1, -0.05) is 0 Å². The Morgan fingerprint density at radius 3 is 3.07 bits per heavy atom. The maximum atomic E-state index is 11.4. The Morgan fingerprint density at radius 2 is 2.50 bits per heavy atom. The average Bonchev–Trinajstić information content (AvgIpc) is 2.83. The van der Waals surface area contributed by atoms with Crippen LogP contribution < -0.4 is 11.1 Å². The quantitative estimate of drug-likeness (QED) is 0.758. The Labute approximate surface area is 86.5 Å². The van der Waals surface area contributed by atoms with E-state index in [9.17, 15) is 4.79 Å². The third kappa shape index (κ3) is 2.52. The van der Waals surface area contributed by atoms with E-state index in [4.69, 9.17) is 5.73 Å². The Morgan fingerprint density at radius 1 is 1.71 bits per heavy atom. The maximum Gasteiger partial charge on any atom is 0.226 e. The number of hydrogen-bond acceptors (Lipinski definition) is 4. The average molecular weight is 211 g/mol. The van der Waals surface area contributed by atoms with Crippen LogP contribution in [0, 0.1) is 0 Å². The number of thiazole rings is 1. The first kappa shape index (κ1) is 9.61. The van der Waals surface area contributed by atoms with Gasteiger partial charge in [0.1, 0.15) is 5.01 Å². The molecule has 5 heteroatoms. The van der Waals surface area contributed by atoms with E-state index in [1.165, 1.54) is 11.3 Å². The summed E-state index contributed by atoms with van der Waals surface area (Å²) in [5, 5.41) is 5.71. The lowest BCUT2D eigenvalue weighted by molar-refractivity contribution is -0.120. The standard InChI is InChI=1S/C9H13N3OS/c10-4-9-12-7(5-14-9)3-8(13)11-6-1-2-6/h5-6H,1-4,10H2,(H,11,13). The number of hydrogen-bond donors (Lipinski definition) is 2. The molecule has 0 unspecified atom stereocenters. The third-order valence-electron chi connectivity index (χ3n) is 2.06. The van der Waals surface area contributed by atoms with Crippen LogP contribution in [0.3, 0.4) is 0 Å². The largest absolute Gasteiger partial charge is 0.353 e. The first-order valence-electron chi connectivity index (χ1n) is 4.70. The van der Waals surface area contributed by atoms with Crippen LogP contribution in [0.2, 0.25) is 0 Å². The van der Waals surface area contributed by atoms with Crippen LogP contribution in [0.1, 0.15) is 23.5 Å². The van der Waals surface area contributed by atoms with Gasteiger partial charge >= 0.3 is 0 Å². The van der Waals surface area contributed by atoms with Gasteiger partial charge in [0, 0.05) is 18.0 Å². The molecule has 1 aromatic heterocycles. The fourth-order valence-electron chi connectivity index (χ4n) is 1.19. The highest BCUT2D eigenvalue weighted by atomic mass is 32.1. The molecule has 0 bridgehead atoms. The number of nitrogens with zero attached hydrogens (tertiary/aromatic N) is 1. The predicted molar refractivity (Wildman–Crippen MR) is 54.9 cm³/mol. The predicted octanol–water partition coefficient (Wildman–Crippen LogP) is 0.423. The van der Waals surface area contributed by atoms with E-state index in [0.29, 0.717) is 19.0 Å². The van der Waals surface area contributed by atoms with E-state index in [2.05, 4.69) is 10.3 Å². The molecule has 1 aliphatic rings. The number of carbonyl (C=O) groups is 1. The second-order valence-corrected chi connectivity index (χ2v) is 4.40. The second-order valence-electron chi connectivity index (χ2n) is 3.46. The minimum atomic E-state index is 0.0707. The summed E-state index contributed by atoms with van der Waals surface area (Å²) in [7, 11) is 0. The van der Waals surface area contributed by atoms with Crippen molar-refractivity contribution in [3.05, 3.63) is 16.1 Å². The second kappa shape index (κ2) is 4.06. The van der Waals surface area contributed by atoms with Gasteiger partial charge in [-0.2, -0.15) is 0 Å². The SMILES string of the molecule is NCc1nc(CC(=O)NC2CC2)cs1. The zero-order valence-electron chi connectivity index (χ0n) is 7.82. The molecule has 0 atom stereocenters. The summed E-state index contributed by atoms with van der Waals surface area (Å²) in [6.45, 7) is 0.453. The molecule has 0 saturated heterocycles. The normalized spacial score (nSPS) is 15.5. The lowest BCUT2D eigenvalue weighted by Crippen LogP contribution is -2.27.